The van der Waals surface area contributed by atoms with E-state index in [1.807, 2.05) is 0 Å². The second-order valence-electron chi connectivity index (χ2n) is 3.58. The average Bonchev–Trinajstić information content (AvgIpc) is 2.13. The van der Waals surface area contributed by atoms with Crippen molar-refractivity contribution < 1.29 is 18.3 Å². The summed E-state index contributed by atoms with van der Waals surface area (Å²) < 4.78 is 22.5. The number of urea groups is 1. The number of nitrogens with one attached hydrogen (secondary N) is 2. The molecule has 0 bridgehead atoms. The molecule has 0 aromatic carbocycles. The normalized spacial score (nSPS) is 24.5. The molecule has 88 valence electrons. The first-order valence-electron chi connectivity index (χ1n) is 4.89. The first kappa shape index (κ1) is 12.3. The molecule has 1 fully saturated rings. The third-order valence-electron chi connectivity index (χ3n) is 2.20. The number of aliphatic hydroxyl groups is 1. The number of sulfone groups is 1. The van der Waals surface area contributed by atoms with Crippen LogP contribution in [0.2, 0.25) is 0 Å². The van der Waals surface area contributed by atoms with Gasteiger partial charge in [0.05, 0.1) is 18.1 Å². The Labute approximate surface area is 89.0 Å². The zero-order chi connectivity index (χ0) is 11.3. The smallest absolute Gasteiger partial charge is 0.315 e. The second kappa shape index (κ2) is 5.32. The molecule has 0 radical (unpaired) electrons. The quantitative estimate of drug-likeness (QED) is 0.577. The zero-order valence-corrected chi connectivity index (χ0v) is 9.22. The summed E-state index contributed by atoms with van der Waals surface area (Å²) in [7, 11) is -2.99. The number of aliphatic hydroxyl groups excluding tert-OH is 1. The molecule has 1 saturated heterocycles. The van der Waals surface area contributed by atoms with E-state index in [-0.39, 0.29) is 30.7 Å². The summed E-state index contributed by atoms with van der Waals surface area (Å²) in [6.45, 7) is 0.0433. The lowest BCUT2D eigenvalue weighted by atomic mass is 10.2. The predicted molar refractivity (Wildman–Crippen MR) is 55.3 cm³/mol. The van der Waals surface area contributed by atoms with E-state index in [9.17, 15) is 13.2 Å². The highest BCUT2D eigenvalue weighted by atomic mass is 32.2. The largest absolute Gasteiger partial charge is 0.395 e. The molecule has 1 atom stereocenters. The lowest BCUT2D eigenvalue weighted by Crippen LogP contribution is -2.47. The summed E-state index contributed by atoms with van der Waals surface area (Å²) in [6.07, 6.45) is 1.28. The Hall–Kier alpha value is -0.820. The molecular weight excluding hydrogens is 220 g/mol. The molecule has 7 heteroatoms. The molecular formula is C8H16N2O4S. The van der Waals surface area contributed by atoms with Gasteiger partial charge in [-0.1, -0.05) is 0 Å². The van der Waals surface area contributed by atoms with E-state index in [1.54, 1.807) is 0 Å². The Bertz CT molecular complexity index is 315. The van der Waals surface area contributed by atoms with Gasteiger partial charge in [-0.25, -0.2) is 13.2 Å². The van der Waals surface area contributed by atoms with E-state index in [4.69, 9.17) is 5.11 Å². The Morgan fingerprint density at radius 1 is 1.47 bits per heavy atom. The summed E-state index contributed by atoms with van der Waals surface area (Å²) in [5.74, 6) is 0.225. The van der Waals surface area contributed by atoms with E-state index in [2.05, 4.69) is 10.6 Å². The summed E-state index contributed by atoms with van der Waals surface area (Å²) in [4.78, 5) is 11.2. The lowest BCUT2D eigenvalue weighted by molar-refractivity contribution is 0.230. The minimum absolute atomic E-state index is 0.0134. The number of carbonyl (C=O) groups excluding carboxylic acids is 1. The van der Waals surface area contributed by atoms with Crippen LogP contribution in [0.1, 0.15) is 12.8 Å². The summed E-state index contributed by atoms with van der Waals surface area (Å²) in [6, 6.07) is -0.728. The number of amides is 2. The van der Waals surface area contributed by atoms with Crippen molar-refractivity contribution in [3.8, 4) is 0 Å². The summed E-state index contributed by atoms with van der Waals surface area (Å²) >= 11 is 0. The van der Waals surface area contributed by atoms with Crippen molar-refractivity contribution in [2.75, 3.05) is 24.7 Å². The highest BCUT2D eigenvalue weighted by molar-refractivity contribution is 7.91. The van der Waals surface area contributed by atoms with Crippen molar-refractivity contribution in [1.29, 1.82) is 0 Å². The minimum Gasteiger partial charge on any atom is -0.395 e. The fraction of sp³-hybridized carbons (Fsp3) is 0.875. The van der Waals surface area contributed by atoms with Gasteiger partial charge in [0.15, 0.2) is 9.84 Å². The van der Waals surface area contributed by atoms with Crippen LogP contribution in [0.15, 0.2) is 0 Å². The van der Waals surface area contributed by atoms with Crippen molar-refractivity contribution in [3.05, 3.63) is 0 Å². The highest BCUT2D eigenvalue weighted by Gasteiger charge is 2.25. The van der Waals surface area contributed by atoms with Crippen LogP contribution in [0.4, 0.5) is 4.79 Å². The topological polar surface area (TPSA) is 95.5 Å². The Morgan fingerprint density at radius 3 is 2.80 bits per heavy atom. The number of rotatable bonds is 3. The van der Waals surface area contributed by atoms with Gasteiger partial charge in [-0.15, -0.1) is 0 Å². The van der Waals surface area contributed by atoms with Crippen molar-refractivity contribution in [1.82, 2.24) is 10.6 Å². The van der Waals surface area contributed by atoms with Crippen LogP contribution in [0.5, 0.6) is 0 Å². The van der Waals surface area contributed by atoms with E-state index >= 15 is 0 Å². The summed E-state index contributed by atoms with van der Waals surface area (Å²) in [5.41, 5.74) is 0. The molecule has 0 aromatic rings. The second-order valence-corrected chi connectivity index (χ2v) is 5.81. The molecule has 1 heterocycles. The van der Waals surface area contributed by atoms with Crippen molar-refractivity contribution in [2.45, 2.75) is 18.9 Å². The number of hydrogen-bond donors (Lipinski definition) is 3. The Morgan fingerprint density at radius 2 is 2.20 bits per heavy atom. The van der Waals surface area contributed by atoms with Crippen molar-refractivity contribution >= 4 is 15.9 Å². The molecule has 1 unspecified atom stereocenters. The van der Waals surface area contributed by atoms with Crippen LogP contribution >= 0.6 is 0 Å². The molecule has 3 N–H and O–H groups in total. The van der Waals surface area contributed by atoms with Gasteiger partial charge in [0.25, 0.3) is 0 Å². The Balaban J connectivity index is 2.35. The molecule has 1 aliphatic heterocycles. The third-order valence-corrected chi connectivity index (χ3v) is 4.02. The van der Waals surface area contributed by atoms with Crippen LogP contribution in [0.25, 0.3) is 0 Å². The molecule has 15 heavy (non-hydrogen) atoms. The molecule has 0 aliphatic carbocycles. The fourth-order valence-electron chi connectivity index (χ4n) is 1.54. The molecule has 6 nitrogen and oxygen atoms in total. The lowest BCUT2D eigenvalue weighted by Gasteiger charge is -2.22. The molecule has 0 saturated carbocycles. The van der Waals surface area contributed by atoms with Gasteiger partial charge in [0.1, 0.15) is 0 Å². The molecule has 1 rings (SSSR count). The average molecular weight is 236 g/mol. The van der Waals surface area contributed by atoms with Gasteiger partial charge in [-0.05, 0) is 12.8 Å². The molecule has 0 aromatic heterocycles. The maximum Gasteiger partial charge on any atom is 0.315 e. The third kappa shape index (κ3) is 4.48. The first-order chi connectivity index (χ1) is 7.03. The van der Waals surface area contributed by atoms with Gasteiger partial charge >= 0.3 is 6.03 Å². The van der Waals surface area contributed by atoms with Crippen molar-refractivity contribution in [2.24, 2.45) is 0 Å². The highest BCUT2D eigenvalue weighted by Crippen LogP contribution is 2.11. The van der Waals surface area contributed by atoms with Crippen LogP contribution < -0.4 is 10.6 Å². The van der Waals surface area contributed by atoms with E-state index in [1.165, 1.54) is 0 Å². The van der Waals surface area contributed by atoms with Crippen LogP contribution in [-0.2, 0) is 9.84 Å². The Kier molecular flexibility index (Phi) is 4.34. The standard InChI is InChI=1S/C8H16N2O4S/c11-4-3-9-8(12)10-7-2-1-5-15(13,14)6-7/h7,11H,1-6H2,(H2,9,10,12). The predicted octanol–water partition coefficient (Wildman–Crippen LogP) is -1.14. The van der Waals surface area contributed by atoms with Crippen LogP contribution in [0, 0.1) is 0 Å². The minimum atomic E-state index is -2.99. The van der Waals surface area contributed by atoms with E-state index in [0.717, 1.165) is 0 Å². The van der Waals surface area contributed by atoms with E-state index < -0.39 is 15.9 Å². The maximum atomic E-state index is 11.2. The number of carbonyl (C=O) groups is 1. The zero-order valence-electron chi connectivity index (χ0n) is 8.40. The van der Waals surface area contributed by atoms with Gasteiger partial charge in [-0.2, -0.15) is 0 Å². The van der Waals surface area contributed by atoms with Gasteiger partial charge in [0.2, 0.25) is 0 Å². The monoisotopic (exact) mass is 236 g/mol. The van der Waals surface area contributed by atoms with Crippen LogP contribution in [-0.4, -0.2) is 50.3 Å². The fourth-order valence-corrected chi connectivity index (χ4v) is 3.18. The molecule has 0 spiro atoms. The van der Waals surface area contributed by atoms with E-state index in [0.29, 0.717) is 12.8 Å². The van der Waals surface area contributed by atoms with Gasteiger partial charge < -0.3 is 15.7 Å². The van der Waals surface area contributed by atoms with Crippen LogP contribution in [0.3, 0.4) is 0 Å². The SMILES string of the molecule is O=C(NCCO)NC1CCCS(=O)(=O)C1. The maximum absolute atomic E-state index is 11.2. The van der Waals surface area contributed by atoms with Gasteiger partial charge in [0, 0.05) is 12.6 Å². The van der Waals surface area contributed by atoms with Gasteiger partial charge in [-0.3, -0.25) is 0 Å². The number of hydrogen-bond acceptors (Lipinski definition) is 4. The first-order valence-corrected chi connectivity index (χ1v) is 6.71. The molecule has 2 amide bonds. The van der Waals surface area contributed by atoms with Crippen molar-refractivity contribution in [3.63, 3.8) is 0 Å². The summed E-state index contributed by atoms with van der Waals surface area (Å²) in [5, 5.41) is 13.4. The molecule has 1 aliphatic rings.